The van der Waals surface area contributed by atoms with Crippen LogP contribution in [0.2, 0.25) is 0 Å². The second-order valence-electron chi connectivity index (χ2n) is 8.42. The summed E-state index contributed by atoms with van der Waals surface area (Å²) in [6.45, 7) is 5.20. The van der Waals surface area contributed by atoms with E-state index in [9.17, 15) is 4.79 Å². The molecule has 2 bridgehead atoms. The van der Waals surface area contributed by atoms with E-state index in [1.807, 2.05) is 23.1 Å². The molecule has 6 rings (SSSR count). The largest absolute Gasteiger partial charge is 0.444 e. The van der Waals surface area contributed by atoms with Crippen LogP contribution in [0, 0.1) is 5.92 Å². The van der Waals surface area contributed by atoms with Gasteiger partial charge >= 0.3 is 6.09 Å². The molecule has 3 unspecified atom stereocenters. The van der Waals surface area contributed by atoms with Crippen molar-refractivity contribution in [3.8, 4) is 0 Å². The zero-order valence-corrected chi connectivity index (χ0v) is 16.5. The summed E-state index contributed by atoms with van der Waals surface area (Å²) in [6.07, 6.45) is 3.03. The molecule has 4 heterocycles. The van der Waals surface area contributed by atoms with Crippen molar-refractivity contribution in [3.05, 3.63) is 71.3 Å². The van der Waals surface area contributed by atoms with Gasteiger partial charge in [0, 0.05) is 12.6 Å². The molecule has 0 saturated carbocycles. The number of amides is 1. The lowest BCUT2D eigenvalue weighted by Gasteiger charge is -2.49. The molecule has 2 aromatic rings. The van der Waals surface area contributed by atoms with Crippen LogP contribution in [0.4, 0.5) is 4.79 Å². The first-order valence-electron chi connectivity index (χ1n) is 10.6. The van der Waals surface area contributed by atoms with Gasteiger partial charge in [-0.05, 0) is 61.9 Å². The fourth-order valence-electron chi connectivity index (χ4n) is 5.39. The number of piperidine rings is 3. The summed E-state index contributed by atoms with van der Waals surface area (Å²) in [4.78, 5) is 17.8. The predicted octanol–water partition coefficient (Wildman–Crippen LogP) is 4.25. The summed E-state index contributed by atoms with van der Waals surface area (Å²) in [5.41, 5.74) is 3.70. The number of carbonyl (C=O) groups excluding carboxylic acids is 1. The van der Waals surface area contributed by atoms with Crippen LogP contribution in [0.5, 0.6) is 0 Å². The monoisotopic (exact) mass is 376 g/mol. The zero-order chi connectivity index (χ0) is 19.1. The molecule has 4 aliphatic heterocycles. The van der Waals surface area contributed by atoms with Gasteiger partial charge in [0.25, 0.3) is 0 Å². The average molecular weight is 377 g/mol. The first-order chi connectivity index (χ1) is 13.7. The van der Waals surface area contributed by atoms with Crippen molar-refractivity contribution in [2.24, 2.45) is 5.92 Å². The summed E-state index contributed by atoms with van der Waals surface area (Å²) < 4.78 is 6.19. The van der Waals surface area contributed by atoms with Gasteiger partial charge in [-0.15, -0.1) is 0 Å². The Bertz CT molecular complexity index is 843. The maximum Gasteiger partial charge on any atom is 0.410 e. The van der Waals surface area contributed by atoms with E-state index in [2.05, 4.69) is 48.2 Å². The molecule has 4 aliphatic rings. The van der Waals surface area contributed by atoms with Crippen molar-refractivity contribution < 1.29 is 9.53 Å². The Kier molecular flexibility index (Phi) is 4.59. The van der Waals surface area contributed by atoms with Gasteiger partial charge < -0.3 is 4.74 Å². The Hall–Kier alpha value is -2.33. The highest BCUT2D eigenvalue weighted by molar-refractivity contribution is 5.70. The highest BCUT2D eigenvalue weighted by Crippen LogP contribution is 2.38. The Morgan fingerprint density at radius 1 is 0.964 bits per heavy atom. The quantitative estimate of drug-likeness (QED) is 0.785. The Labute approximate surface area is 167 Å². The summed E-state index contributed by atoms with van der Waals surface area (Å²) in [5.74, 6) is 0.510. The third-order valence-electron chi connectivity index (χ3n) is 6.96. The highest BCUT2D eigenvalue weighted by atomic mass is 16.6. The number of fused-ring (bicyclic) bond motifs is 4. The van der Waals surface area contributed by atoms with Gasteiger partial charge in [-0.25, -0.2) is 4.79 Å². The van der Waals surface area contributed by atoms with Gasteiger partial charge in [0.2, 0.25) is 0 Å². The van der Waals surface area contributed by atoms with Crippen LogP contribution in [-0.4, -0.2) is 47.7 Å². The molecule has 3 fully saturated rings. The van der Waals surface area contributed by atoms with Crippen LogP contribution in [-0.2, 0) is 11.2 Å². The summed E-state index contributed by atoms with van der Waals surface area (Å²) >= 11 is 0. The molecule has 2 aromatic carbocycles. The average Bonchev–Trinajstić information content (AvgIpc) is 2.76. The Morgan fingerprint density at radius 3 is 2.43 bits per heavy atom. The smallest absolute Gasteiger partial charge is 0.410 e. The molecule has 0 spiro atoms. The highest BCUT2D eigenvalue weighted by Gasteiger charge is 2.43. The molecule has 3 atom stereocenters. The second kappa shape index (κ2) is 7.25. The third-order valence-corrected chi connectivity index (χ3v) is 6.96. The zero-order valence-electron chi connectivity index (χ0n) is 16.5. The van der Waals surface area contributed by atoms with Crippen LogP contribution < -0.4 is 0 Å². The second-order valence-corrected chi connectivity index (χ2v) is 8.42. The third kappa shape index (κ3) is 3.00. The molecular formula is C24H28N2O2. The number of rotatable bonds is 2. The van der Waals surface area contributed by atoms with E-state index in [-0.39, 0.29) is 18.2 Å². The molecule has 0 aliphatic carbocycles. The summed E-state index contributed by atoms with van der Waals surface area (Å²) in [6, 6.07) is 19.1. The SMILES string of the molecule is CC1C(OC(=O)N2CCc3ccccc3C2c2ccccc2)C2CCN1CC2. The van der Waals surface area contributed by atoms with Crippen LogP contribution in [0.15, 0.2) is 54.6 Å². The van der Waals surface area contributed by atoms with Crippen molar-refractivity contribution in [2.45, 2.75) is 44.4 Å². The van der Waals surface area contributed by atoms with Crippen LogP contribution >= 0.6 is 0 Å². The topological polar surface area (TPSA) is 32.8 Å². The minimum atomic E-state index is -0.158. The van der Waals surface area contributed by atoms with Crippen molar-refractivity contribution in [1.82, 2.24) is 9.80 Å². The van der Waals surface area contributed by atoms with E-state index in [0.29, 0.717) is 18.5 Å². The van der Waals surface area contributed by atoms with Crippen molar-refractivity contribution >= 4 is 6.09 Å². The van der Waals surface area contributed by atoms with E-state index in [4.69, 9.17) is 4.74 Å². The molecule has 0 aromatic heterocycles. The molecule has 0 N–H and O–H groups in total. The van der Waals surface area contributed by atoms with Crippen LogP contribution in [0.1, 0.15) is 42.5 Å². The van der Waals surface area contributed by atoms with E-state index < -0.39 is 0 Å². The molecule has 146 valence electrons. The molecular weight excluding hydrogens is 348 g/mol. The maximum atomic E-state index is 13.4. The van der Waals surface area contributed by atoms with E-state index >= 15 is 0 Å². The van der Waals surface area contributed by atoms with Gasteiger partial charge in [-0.1, -0.05) is 54.6 Å². The lowest BCUT2D eigenvalue weighted by Crippen LogP contribution is -2.58. The van der Waals surface area contributed by atoms with E-state index in [1.54, 1.807) is 0 Å². The minimum absolute atomic E-state index is 0.0172. The standard InChI is InChI=1S/C24H28N2O2/c1-17-23(20-11-14-25(17)15-12-20)28-24(27)26-16-13-18-7-5-6-10-21(18)22(26)19-8-3-2-4-9-19/h2-10,17,20,22-23H,11-16H2,1H3. The van der Waals surface area contributed by atoms with Gasteiger partial charge in [-0.3, -0.25) is 9.80 Å². The molecule has 4 heteroatoms. The normalized spacial score (nSPS) is 31.3. The lowest BCUT2D eigenvalue weighted by molar-refractivity contribution is -0.0803. The van der Waals surface area contributed by atoms with Crippen molar-refractivity contribution in [3.63, 3.8) is 0 Å². The molecule has 28 heavy (non-hydrogen) atoms. The summed E-state index contributed by atoms with van der Waals surface area (Å²) in [5, 5.41) is 0. The first kappa shape index (κ1) is 17.7. The van der Waals surface area contributed by atoms with Crippen LogP contribution in [0.25, 0.3) is 0 Å². The van der Waals surface area contributed by atoms with E-state index in [0.717, 1.165) is 37.9 Å². The predicted molar refractivity (Wildman–Crippen MR) is 109 cm³/mol. The van der Waals surface area contributed by atoms with Gasteiger partial charge in [0.15, 0.2) is 0 Å². The molecule has 3 saturated heterocycles. The molecule has 4 nitrogen and oxygen atoms in total. The Morgan fingerprint density at radius 2 is 1.68 bits per heavy atom. The fourth-order valence-corrected chi connectivity index (χ4v) is 5.39. The number of hydrogen-bond acceptors (Lipinski definition) is 3. The molecule has 1 amide bonds. The number of carbonyl (C=O) groups is 1. The number of hydrogen-bond donors (Lipinski definition) is 0. The Balaban J connectivity index is 1.44. The van der Waals surface area contributed by atoms with Crippen LogP contribution in [0.3, 0.4) is 0 Å². The lowest BCUT2D eigenvalue weighted by atomic mass is 9.81. The summed E-state index contributed by atoms with van der Waals surface area (Å²) in [7, 11) is 0. The van der Waals surface area contributed by atoms with Gasteiger partial charge in [0.1, 0.15) is 6.10 Å². The number of nitrogens with zero attached hydrogens (tertiary/aromatic N) is 2. The minimum Gasteiger partial charge on any atom is -0.444 e. The molecule has 0 radical (unpaired) electrons. The van der Waals surface area contributed by atoms with Gasteiger partial charge in [-0.2, -0.15) is 0 Å². The van der Waals surface area contributed by atoms with Gasteiger partial charge in [0.05, 0.1) is 6.04 Å². The van der Waals surface area contributed by atoms with Crippen molar-refractivity contribution in [1.29, 1.82) is 0 Å². The number of ether oxygens (including phenoxy) is 1. The number of benzene rings is 2. The first-order valence-corrected chi connectivity index (χ1v) is 10.6. The van der Waals surface area contributed by atoms with Crippen molar-refractivity contribution in [2.75, 3.05) is 19.6 Å². The fraction of sp³-hybridized carbons (Fsp3) is 0.458. The van der Waals surface area contributed by atoms with E-state index in [1.165, 1.54) is 11.1 Å². The maximum absolute atomic E-state index is 13.4.